The predicted molar refractivity (Wildman–Crippen MR) is 119 cm³/mol. The minimum Gasteiger partial charge on any atom is -0.251 e. The lowest BCUT2D eigenvalue weighted by Crippen LogP contribution is -2.11. The maximum absolute atomic E-state index is 12.3. The molecule has 0 radical (unpaired) electrons. The fraction of sp³-hybridized carbons (Fsp3) is 0.400. The Bertz CT molecular complexity index is 1240. The van der Waals surface area contributed by atoms with Crippen LogP contribution >= 0.6 is 0 Å². The molecule has 0 fully saturated rings. The number of nitrogens with zero attached hydrogens (tertiary/aromatic N) is 6. The summed E-state index contributed by atoms with van der Waals surface area (Å²) in [5.41, 5.74) is -0.947. The van der Waals surface area contributed by atoms with Crippen LogP contribution in [0.4, 0.5) is 26.3 Å². The van der Waals surface area contributed by atoms with Crippen LogP contribution in [0.15, 0.2) is 45.4 Å². The van der Waals surface area contributed by atoms with Gasteiger partial charge >= 0.3 is 12.4 Å². The summed E-state index contributed by atoms with van der Waals surface area (Å²) in [7, 11) is -3.37. The van der Waals surface area contributed by atoms with Crippen molar-refractivity contribution < 1.29 is 30.6 Å². The Morgan fingerprint density at radius 2 is 1.37 bits per heavy atom. The van der Waals surface area contributed by atoms with E-state index in [1.54, 1.807) is 19.4 Å². The van der Waals surface area contributed by atoms with E-state index in [0.717, 1.165) is 18.3 Å². The van der Waals surface area contributed by atoms with Crippen molar-refractivity contribution in [2.24, 2.45) is 8.73 Å². The van der Waals surface area contributed by atoms with Gasteiger partial charge in [-0.1, -0.05) is 22.8 Å². The number of nitriles is 2. The van der Waals surface area contributed by atoms with Gasteiger partial charge in [0.25, 0.3) is 0 Å². The van der Waals surface area contributed by atoms with Gasteiger partial charge in [0, 0.05) is 23.9 Å². The summed E-state index contributed by atoms with van der Waals surface area (Å²) >= 11 is 0. The van der Waals surface area contributed by atoms with E-state index in [1.807, 2.05) is 0 Å². The number of rotatable bonds is 4. The fourth-order valence-corrected chi connectivity index (χ4v) is 4.16. The molecule has 0 aliphatic carbocycles. The van der Waals surface area contributed by atoms with Crippen LogP contribution in [0.5, 0.6) is 0 Å². The van der Waals surface area contributed by atoms with Crippen molar-refractivity contribution in [2.45, 2.75) is 36.7 Å². The highest BCUT2D eigenvalue weighted by atomic mass is 32.2. The zero-order valence-electron chi connectivity index (χ0n) is 18.8. The molecule has 0 amide bonds. The second-order valence-corrected chi connectivity index (χ2v) is 11.5. The third-order valence-electron chi connectivity index (χ3n) is 4.67. The maximum Gasteiger partial charge on any atom is 0.433 e. The monoisotopic (exact) mass is 538 g/mol. The summed E-state index contributed by atoms with van der Waals surface area (Å²) in [6.07, 6.45) is -0.578. The van der Waals surface area contributed by atoms with E-state index in [2.05, 4.69) is 18.7 Å². The number of alkyl halides is 6. The molecule has 4 atom stereocenters. The first-order valence-corrected chi connectivity index (χ1v) is 13.1. The first kappa shape index (κ1) is 30.0. The van der Waals surface area contributed by atoms with Crippen LogP contribution in [-0.2, 0) is 32.8 Å². The van der Waals surface area contributed by atoms with Crippen molar-refractivity contribution in [1.82, 2.24) is 9.97 Å². The predicted octanol–water partition coefficient (Wildman–Crippen LogP) is 5.81. The van der Waals surface area contributed by atoms with Crippen LogP contribution in [0.2, 0.25) is 0 Å². The molecule has 4 unspecified atom stereocenters. The summed E-state index contributed by atoms with van der Waals surface area (Å²) in [5.74, 6) is 0. The quantitative estimate of drug-likeness (QED) is 0.360. The smallest absolute Gasteiger partial charge is 0.251 e. The number of aromatic nitrogens is 2. The molecule has 0 bridgehead atoms. The highest BCUT2D eigenvalue weighted by Gasteiger charge is 2.33. The maximum atomic E-state index is 12.3. The standard InChI is InChI=1S/C10H10F3N3OS.C10H10F3N3S/c1-7(18(2,17)16-6-14)8-3-4-9(15-5-8)10(11,12)13;1-7(17(2)16-6-14)8-3-4-9(15-5-8)10(11,12)13/h3-5,7H,1-2H3;3-5,7H,1-2H3. The van der Waals surface area contributed by atoms with Gasteiger partial charge in [0.15, 0.2) is 0 Å². The summed E-state index contributed by atoms with van der Waals surface area (Å²) in [6, 6.07) is 4.32. The van der Waals surface area contributed by atoms with Crippen molar-refractivity contribution in [2.75, 3.05) is 12.5 Å². The Hall–Kier alpha value is -3.04. The second-order valence-electron chi connectivity index (χ2n) is 7.00. The van der Waals surface area contributed by atoms with Crippen molar-refractivity contribution in [1.29, 1.82) is 10.5 Å². The Balaban J connectivity index is 0.000000351. The molecule has 0 N–H and O–H groups in total. The normalized spacial score (nSPS) is 15.9. The molecule has 0 aliphatic heterocycles. The minimum absolute atomic E-state index is 0.121. The van der Waals surface area contributed by atoms with Gasteiger partial charge in [0.05, 0.1) is 15.0 Å². The first-order chi connectivity index (χ1) is 16.0. The van der Waals surface area contributed by atoms with Crippen molar-refractivity contribution in [3.63, 3.8) is 0 Å². The zero-order chi connectivity index (χ0) is 27.0. The molecule has 0 aromatic carbocycles. The number of pyridine rings is 2. The first-order valence-electron chi connectivity index (χ1n) is 9.44. The van der Waals surface area contributed by atoms with Gasteiger partial charge in [-0.15, -0.1) is 4.36 Å². The Morgan fingerprint density at radius 1 is 0.914 bits per heavy atom. The van der Waals surface area contributed by atoms with Crippen LogP contribution in [-0.4, -0.2) is 26.7 Å². The van der Waals surface area contributed by atoms with Crippen LogP contribution in [0.25, 0.3) is 0 Å². The lowest BCUT2D eigenvalue weighted by Gasteiger charge is -2.13. The molecule has 0 saturated heterocycles. The van der Waals surface area contributed by atoms with E-state index >= 15 is 0 Å². The summed E-state index contributed by atoms with van der Waals surface area (Å²) < 4.78 is 92.6. The summed E-state index contributed by atoms with van der Waals surface area (Å²) in [5, 5.41) is 16.0. The largest absolute Gasteiger partial charge is 0.433 e. The summed E-state index contributed by atoms with van der Waals surface area (Å²) in [6.45, 7) is 3.32. The topological polar surface area (TPSA) is 115 Å². The Labute approximate surface area is 201 Å². The van der Waals surface area contributed by atoms with Gasteiger partial charge in [0.1, 0.15) is 11.4 Å². The third kappa shape index (κ3) is 8.92. The SMILES string of the molecule is CC(c1ccc(C(F)(F)F)nc1)S(C)(=O)=NC#N.CC(c1ccc(C(F)(F)F)nc1)S(C)=NC#N. The lowest BCUT2D eigenvalue weighted by molar-refractivity contribution is -0.142. The van der Waals surface area contributed by atoms with Gasteiger partial charge in [-0.3, -0.25) is 9.97 Å². The molecular formula is C20H20F6N6OS2. The van der Waals surface area contributed by atoms with Gasteiger partial charge in [-0.2, -0.15) is 41.2 Å². The van der Waals surface area contributed by atoms with Crippen LogP contribution in [0.1, 0.15) is 46.9 Å². The Kier molecular flexibility index (Phi) is 10.4. The van der Waals surface area contributed by atoms with Crippen LogP contribution in [0.3, 0.4) is 0 Å². The van der Waals surface area contributed by atoms with Crippen molar-refractivity contribution in [3.05, 3.63) is 59.2 Å². The van der Waals surface area contributed by atoms with Gasteiger partial charge < -0.3 is 0 Å². The number of hydrogen-bond acceptors (Lipinski definition) is 7. The van der Waals surface area contributed by atoms with Gasteiger partial charge in [0.2, 0.25) is 12.4 Å². The number of halogens is 6. The molecular weight excluding hydrogens is 518 g/mol. The third-order valence-corrected chi connectivity index (χ3v) is 8.36. The zero-order valence-corrected chi connectivity index (χ0v) is 20.4. The highest BCUT2D eigenvalue weighted by Crippen LogP contribution is 2.30. The molecule has 2 aromatic rings. The fourth-order valence-electron chi connectivity index (χ4n) is 2.38. The second kappa shape index (κ2) is 12.1. The number of hydrogen-bond donors (Lipinski definition) is 0. The van der Waals surface area contributed by atoms with Crippen LogP contribution in [0, 0.1) is 22.9 Å². The Morgan fingerprint density at radius 3 is 1.71 bits per heavy atom. The molecule has 7 nitrogen and oxygen atoms in total. The molecule has 0 spiro atoms. The summed E-state index contributed by atoms with van der Waals surface area (Å²) in [4.78, 5) is 6.64. The molecule has 0 saturated carbocycles. The lowest BCUT2D eigenvalue weighted by atomic mass is 10.2. The van der Waals surface area contributed by atoms with Gasteiger partial charge in [-0.25, -0.2) is 4.21 Å². The average Bonchev–Trinajstić information content (AvgIpc) is 2.77. The molecule has 15 heteroatoms. The van der Waals surface area contributed by atoms with E-state index in [9.17, 15) is 30.6 Å². The molecule has 2 rings (SSSR count). The molecule has 190 valence electrons. The van der Waals surface area contributed by atoms with Crippen molar-refractivity contribution in [3.8, 4) is 12.4 Å². The van der Waals surface area contributed by atoms with Crippen LogP contribution < -0.4 is 0 Å². The minimum atomic E-state index is -4.51. The highest BCUT2D eigenvalue weighted by molar-refractivity contribution is 7.93. The van der Waals surface area contributed by atoms with E-state index in [0.29, 0.717) is 11.1 Å². The van der Waals surface area contributed by atoms with Crippen molar-refractivity contribution >= 4 is 20.4 Å². The average molecular weight is 539 g/mol. The van der Waals surface area contributed by atoms with E-state index in [4.69, 9.17) is 10.5 Å². The molecule has 2 heterocycles. The van der Waals surface area contributed by atoms with Gasteiger partial charge in [-0.05, 0) is 43.4 Å². The molecule has 35 heavy (non-hydrogen) atoms. The molecule has 0 aliphatic rings. The van der Waals surface area contributed by atoms with E-state index in [-0.39, 0.29) is 5.25 Å². The molecule has 2 aromatic heterocycles. The van der Waals surface area contributed by atoms with E-state index in [1.165, 1.54) is 37.7 Å². The van der Waals surface area contributed by atoms with E-state index < -0.39 is 49.4 Å².